The number of anilines is 1. The number of para-hydroxylation sites is 1. The monoisotopic (exact) mass is 390 g/mol. The second-order valence-electron chi connectivity index (χ2n) is 6.74. The quantitative estimate of drug-likeness (QED) is 0.866. The van der Waals surface area contributed by atoms with E-state index in [2.05, 4.69) is 15.2 Å². The second kappa shape index (κ2) is 8.02. The van der Waals surface area contributed by atoms with Crippen molar-refractivity contribution in [3.8, 4) is 0 Å². The molecule has 0 atom stereocenters. The molecule has 2 aromatic carbocycles. The summed E-state index contributed by atoms with van der Waals surface area (Å²) in [6, 6.07) is 11.6. The molecule has 1 aliphatic rings. The fourth-order valence-corrected chi connectivity index (χ4v) is 2.86. The van der Waals surface area contributed by atoms with Crippen molar-refractivity contribution in [3.05, 3.63) is 59.7 Å². The van der Waals surface area contributed by atoms with Crippen LogP contribution in [0.2, 0.25) is 0 Å². The lowest BCUT2D eigenvalue weighted by Crippen LogP contribution is -2.46. The first-order chi connectivity index (χ1) is 13.2. The molecule has 0 unspecified atom stereocenters. The molecule has 8 heteroatoms. The van der Waals surface area contributed by atoms with Gasteiger partial charge >= 0.3 is 6.18 Å². The number of amidine groups is 1. The Morgan fingerprint density at radius 2 is 1.79 bits per heavy atom. The third kappa shape index (κ3) is 4.69. The van der Waals surface area contributed by atoms with Gasteiger partial charge in [-0.3, -0.25) is 9.69 Å². The van der Waals surface area contributed by atoms with Crippen molar-refractivity contribution in [2.24, 2.45) is 4.99 Å². The van der Waals surface area contributed by atoms with Gasteiger partial charge in [0.15, 0.2) is 0 Å². The molecule has 0 spiro atoms. The standard InChI is InChI=1S/C20H21F3N4O/c1-26-10-11-27(2)18(13-26)25-17-9-8-14(20(21,22)23)12-16(17)19(28)24-15-6-4-3-5-7-15/h3-9,12H,10-11,13H2,1-2H3,(H,24,28)/b25-18+. The van der Waals surface area contributed by atoms with Crippen molar-refractivity contribution in [3.63, 3.8) is 0 Å². The highest BCUT2D eigenvalue weighted by Crippen LogP contribution is 2.33. The number of rotatable bonds is 3. The molecule has 0 radical (unpaired) electrons. The van der Waals surface area contributed by atoms with Crippen LogP contribution in [0.3, 0.4) is 0 Å². The summed E-state index contributed by atoms with van der Waals surface area (Å²) in [6.07, 6.45) is -4.55. The molecule has 28 heavy (non-hydrogen) atoms. The summed E-state index contributed by atoms with van der Waals surface area (Å²) >= 11 is 0. The van der Waals surface area contributed by atoms with Crippen LogP contribution < -0.4 is 5.32 Å². The number of halogens is 3. The number of likely N-dealkylation sites (N-methyl/N-ethyl adjacent to an activating group) is 2. The minimum atomic E-state index is -4.55. The molecule has 3 rings (SSSR count). The zero-order chi connectivity index (χ0) is 20.3. The van der Waals surface area contributed by atoms with Crippen molar-refractivity contribution in [1.29, 1.82) is 0 Å². The normalized spacial score (nSPS) is 17.0. The fraction of sp³-hybridized carbons (Fsp3) is 0.300. The maximum atomic E-state index is 13.2. The molecular formula is C20H21F3N4O. The first-order valence-corrected chi connectivity index (χ1v) is 8.79. The fourth-order valence-electron chi connectivity index (χ4n) is 2.86. The van der Waals surface area contributed by atoms with Crippen LogP contribution in [0.25, 0.3) is 0 Å². The van der Waals surface area contributed by atoms with E-state index < -0.39 is 17.6 Å². The van der Waals surface area contributed by atoms with Crippen LogP contribution in [-0.2, 0) is 6.18 Å². The third-order valence-electron chi connectivity index (χ3n) is 4.52. The summed E-state index contributed by atoms with van der Waals surface area (Å²) in [5, 5.41) is 2.63. The molecule has 5 nitrogen and oxygen atoms in total. The van der Waals surface area contributed by atoms with Gasteiger partial charge in [-0.05, 0) is 37.4 Å². The van der Waals surface area contributed by atoms with Crippen molar-refractivity contribution < 1.29 is 18.0 Å². The molecule has 1 N–H and O–H groups in total. The Morgan fingerprint density at radius 1 is 1.07 bits per heavy atom. The minimum absolute atomic E-state index is 0.118. The van der Waals surface area contributed by atoms with Gasteiger partial charge in [0.2, 0.25) is 0 Å². The predicted octanol–water partition coefficient (Wildman–Crippen LogP) is 3.86. The van der Waals surface area contributed by atoms with Crippen LogP contribution in [0.4, 0.5) is 24.5 Å². The predicted molar refractivity (Wildman–Crippen MR) is 103 cm³/mol. The average molecular weight is 390 g/mol. The first kappa shape index (κ1) is 19.9. The molecule has 2 aromatic rings. The smallest absolute Gasteiger partial charge is 0.361 e. The van der Waals surface area contributed by atoms with Gasteiger partial charge in [0.25, 0.3) is 5.91 Å². The Hall–Kier alpha value is -2.87. The highest BCUT2D eigenvalue weighted by atomic mass is 19.4. The number of aliphatic imine (C=N–C) groups is 1. The number of carbonyl (C=O) groups is 1. The van der Waals surface area contributed by atoms with Gasteiger partial charge in [-0.1, -0.05) is 18.2 Å². The number of piperazine rings is 1. The van der Waals surface area contributed by atoms with Crippen molar-refractivity contribution in [2.75, 3.05) is 39.0 Å². The zero-order valence-electron chi connectivity index (χ0n) is 15.6. The van der Waals surface area contributed by atoms with E-state index in [0.717, 1.165) is 25.2 Å². The molecule has 1 heterocycles. The summed E-state index contributed by atoms with van der Waals surface area (Å²) in [6.45, 7) is 2.17. The Morgan fingerprint density at radius 3 is 2.46 bits per heavy atom. The van der Waals surface area contributed by atoms with Gasteiger partial charge < -0.3 is 10.2 Å². The van der Waals surface area contributed by atoms with E-state index in [9.17, 15) is 18.0 Å². The topological polar surface area (TPSA) is 47.9 Å². The molecule has 1 saturated heterocycles. The minimum Gasteiger partial charge on any atom is -0.361 e. The second-order valence-corrected chi connectivity index (χ2v) is 6.74. The Balaban J connectivity index is 2.00. The van der Waals surface area contributed by atoms with Gasteiger partial charge in [0, 0.05) is 25.8 Å². The molecule has 0 bridgehead atoms. The number of amides is 1. The molecule has 148 valence electrons. The van der Waals surface area contributed by atoms with Gasteiger partial charge in [-0.2, -0.15) is 13.2 Å². The van der Waals surface area contributed by atoms with E-state index in [0.29, 0.717) is 18.1 Å². The number of nitrogens with one attached hydrogen (secondary N) is 1. The van der Waals surface area contributed by atoms with Crippen LogP contribution in [-0.4, -0.2) is 55.3 Å². The van der Waals surface area contributed by atoms with Gasteiger partial charge in [-0.15, -0.1) is 0 Å². The highest BCUT2D eigenvalue weighted by molar-refractivity contribution is 6.08. The SMILES string of the molecule is CN1CCN(C)/C(=N/c2ccc(C(F)(F)F)cc2C(=O)Nc2ccccc2)C1. The molecule has 0 aromatic heterocycles. The Kier molecular flexibility index (Phi) is 5.69. The highest BCUT2D eigenvalue weighted by Gasteiger charge is 2.32. The van der Waals surface area contributed by atoms with E-state index in [1.807, 2.05) is 19.0 Å². The third-order valence-corrected chi connectivity index (χ3v) is 4.52. The lowest BCUT2D eigenvalue weighted by Gasteiger charge is -2.32. The number of benzene rings is 2. The maximum Gasteiger partial charge on any atom is 0.416 e. The summed E-state index contributed by atoms with van der Waals surface area (Å²) in [5.74, 6) is 0.0609. The van der Waals surface area contributed by atoms with Crippen LogP contribution in [0.15, 0.2) is 53.5 Å². The molecule has 0 aliphatic carbocycles. The summed E-state index contributed by atoms with van der Waals surface area (Å²) in [4.78, 5) is 21.2. The average Bonchev–Trinajstić information content (AvgIpc) is 2.65. The van der Waals surface area contributed by atoms with Gasteiger partial charge in [0.1, 0.15) is 5.84 Å². The lowest BCUT2D eigenvalue weighted by atomic mass is 10.1. The van der Waals surface area contributed by atoms with Crippen molar-refractivity contribution >= 4 is 23.1 Å². The summed E-state index contributed by atoms with van der Waals surface area (Å²) in [5.41, 5.74) is -0.298. The van der Waals surface area contributed by atoms with E-state index in [4.69, 9.17) is 0 Å². The van der Waals surface area contributed by atoms with Crippen LogP contribution in [0.1, 0.15) is 15.9 Å². The largest absolute Gasteiger partial charge is 0.416 e. The van der Waals surface area contributed by atoms with E-state index in [-0.39, 0.29) is 11.3 Å². The van der Waals surface area contributed by atoms with Crippen molar-refractivity contribution in [1.82, 2.24) is 9.80 Å². The Bertz CT molecular complexity index is 881. The maximum absolute atomic E-state index is 13.2. The molecular weight excluding hydrogens is 369 g/mol. The lowest BCUT2D eigenvalue weighted by molar-refractivity contribution is -0.137. The number of hydrogen-bond donors (Lipinski definition) is 1. The molecule has 1 aliphatic heterocycles. The van der Waals surface area contributed by atoms with Gasteiger partial charge in [-0.25, -0.2) is 4.99 Å². The summed E-state index contributed by atoms with van der Waals surface area (Å²) in [7, 11) is 3.82. The van der Waals surface area contributed by atoms with Crippen LogP contribution in [0.5, 0.6) is 0 Å². The Labute approximate surface area is 161 Å². The molecule has 1 amide bonds. The van der Waals surface area contributed by atoms with Crippen molar-refractivity contribution in [2.45, 2.75) is 6.18 Å². The first-order valence-electron chi connectivity index (χ1n) is 8.79. The molecule has 1 fully saturated rings. The van der Waals surface area contributed by atoms with Crippen LogP contribution >= 0.6 is 0 Å². The number of hydrogen-bond acceptors (Lipinski definition) is 3. The van der Waals surface area contributed by atoms with E-state index in [1.165, 1.54) is 6.07 Å². The van der Waals surface area contributed by atoms with E-state index in [1.54, 1.807) is 30.3 Å². The number of carbonyl (C=O) groups excluding carboxylic acids is 1. The van der Waals surface area contributed by atoms with E-state index >= 15 is 0 Å². The number of nitrogens with zero attached hydrogens (tertiary/aromatic N) is 3. The number of alkyl halides is 3. The van der Waals surface area contributed by atoms with Crippen LogP contribution in [0, 0.1) is 0 Å². The zero-order valence-corrected chi connectivity index (χ0v) is 15.6. The molecule has 0 saturated carbocycles. The summed E-state index contributed by atoms with van der Waals surface area (Å²) < 4.78 is 39.5. The van der Waals surface area contributed by atoms with Gasteiger partial charge in [0.05, 0.1) is 23.4 Å².